The minimum atomic E-state index is -1.37. The van der Waals surface area contributed by atoms with E-state index in [9.17, 15) is 14.7 Å². The number of halogens is 1. The van der Waals surface area contributed by atoms with Crippen LogP contribution in [0.25, 0.3) is 11.1 Å². The molecule has 8 heteroatoms. The summed E-state index contributed by atoms with van der Waals surface area (Å²) in [6.07, 6.45) is 1.60. The van der Waals surface area contributed by atoms with Crippen molar-refractivity contribution in [2.24, 2.45) is 0 Å². The number of fused-ring (bicyclic) bond motifs is 1. The van der Waals surface area contributed by atoms with Gasteiger partial charge in [-0.15, -0.1) is 0 Å². The Kier molecular flexibility index (Phi) is 6.75. The summed E-state index contributed by atoms with van der Waals surface area (Å²) < 4.78 is 0. The van der Waals surface area contributed by atoms with Crippen LogP contribution in [0.5, 0.6) is 0 Å². The van der Waals surface area contributed by atoms with Gasteiger partial charge in [0.15, 0.2) is 6.10 Å². The van der Waals surface area contributed by atoms with Gasteiger partial charge in [0.1, 0.15) is 5.82 Å². The number of carbonyl (C=O) groups is 1. The summed E-state index contributed by atoms with van der Waals surface area (Å²) in [5.41, 5.74) is 4.37. The van der Waals surface area contributed by atoms with Crippen molar-refractivity contribution in [2.75, 3.05) is 6.54 Å². The fourth-order valence-corrected chi connectivity index (χ4v) is 5.74. The molecule has 2 aliphatic rings. The molecule has 1 aliphatic heterocycles. The van der Waals surface area contributed by atoms with Gasteiger partial charge < -0.3 is 15.0 Å². The molecule has 6 rings (SSSR count). The molecule has 1 aromatic heterocycles. The molecule has 1 atom stereocenters. The van der Waals surface area contributed by atoms with Gasteiger partial charge in [0, 0.05) is 11.6 Å². The number of aryl methyl sites for hydroxylation is 1. The number of rotatable bonds is 5. The zero-order valence-corrected chi connectivity index (χ0v) is 22.5. The average molecular weight is 551 g/mol. The predicted octanol–water partition coefficient (Wildman–Crippen LogP) is 5.05. The van der Waals surface area contributed by atoms with Crippen molar-refractivity contribution in [3.05, 3.63) is 122 Å². The second kappa shape index (κ2) is 10.4. The molecule has 40 heavy (non-hydrogen) atoms. The molecule has 200 valence electrons. The van der Waals surface area contributed by atoms with E-state index < -0.39 is 12.0 Å². The van der Waals surface area contributed by atoms with E-state index in [1.807, 2.05) is 42.5 Å². The highest BCUT2D eigenvalue weighted by atomic mass is 35.5. The number of aromatic nitrogens is 2. The molecule has 1 saturated carbocycles. The Morgan fingerprint density at radius 2 is 1.85 bits per heavy atom. The molecule has 1 unspecified atom stereocenters. The number of carbonyl (C=O) groups excluding carboxylic acids is 1. The number of hydrogen-bond acceptors (Lipinski definition) is 5. The largest absolute Gasteiger partial charge is 0.378 e. The Balaban J connectivity index is 1.24. The summed E-state index contributed by atoms with van der Waals surface area (Å²) in [7, 11) is 0. The predicted molar refractivity (Wildman–Crippen MR) is 152 cm³/mol. The number of nitrogens with one attached hydrogen (secondary N) is 1. The number of aliphatic hydroxyl groups is 1. The van der Waals surface area contributed by atoms with Gasteiger partial charge in [0.05, 0.1) is 34.8 Å². The first-order chi connectivity index (χ1) is 19.4. The topological polar surface area (TPSA) is 110 Å². The zero-order valence-electron chi connectivity index (χ0n) is 21.7. The van der Waals surface area contributed by atoms with E-state index >= 15 is 0 Å². The highest BCUT2D eigenvalue weighted by molar-refractivity contribution is 6.30. The van der Waals surface area contributed by atoms with Crippen molar-refractivity contribution in [3.63, 3.8) is 0 Å². The molecule has 4 aromatic rings. The molecular formula is C32H27ClN4O3. The number of H-pyrrole nitrogens is 1. The van der Waals surface area contributed by atoms with Crippen molar-refractivity contribution >= 4 is 17.5 Å². The normalized spacial score (nSPS) is 16.4. The maximum absolute atomic E-state index is 13.5. The molecule has 0 radical (unpaired) electrons. The number of amides is 1. The standard InChI is InChI=1S/C32H27ClN4O3/c33-25-7-2-6-24(17-25)32(13-14-32)31-35-27-8-3-15-37(19-26(27)29(39)36-31)30(40)28(38)23-5-1-4-22(16-23)21-11-9-20(18-34)10-12-21/h1-2,4-7,9-12,16-17,28,38H,3,8,13-15,19H2,(H,35,36,39). The van der Waals surface area contributed by atoms with Gasteiger partial charge in [0.25, 0.3) is 11.5 Å². The van der Waals surface area contributed by atoms with E-state index in [1.165, 1.54) is 0 Å². The SMILES string of the molecule is N#Cc1ccc(-c2cccc(C(O)C(=O)N3CCCc4nc(C5(c6cccc(Cl)c6)CC5)[nH]c(=O)c4C3)c2)cc1. The number of hydrogen-bond donors (Lipinski definition) is 2. The highest BCUT2D eigenvalue weighted by Crippen LogP contribution is 2.52. The molecule has 2 heterocycles. The van der Waals surface area contributed by atoms with Crippen LogP contribution in [0.3, 0.4) is 0 Å². The Labute approximate surface area is 236 Å². The number of nitriles is 1. The van der Waals surface area contributed by atoms with Crippen LogP contribution in [-0.2, 0) is 23.2 Å². The quantitative estimate of drug-likeness (QED) is 0.361. The third kappa shape index (κ3) is 4.81. The third-order valence-electron chi connectivity index (χ3n) is 7.97. The number of benzene rings is 3. The Bertz CT molecular complexity index is 1700. The maximum atomic E-state index is 13.5. The first kappa shape index (κ1) is 26.0. The van der Waals surface area contributed by atoms with Gasteiger partial charge in [-0.3, -0.25) is 9.59 Å². The molecule has 2 N–H and O–H groups in total. The van der Waals surface area contributed by atoms with E-state index in [2.05, 4.69) is 11.1 Å². The summed E-state index contributed by atoms with van der Waals surface area (Å²) >= 11 is 6.24. The zero-order chi connectivity index (χ0) is 27.9. The van der Waals surface area contributed by atoms with E-state index in [0.717, 1.165) is 29.5 Å². The van der Waals surface area contributed by atoms with Crippen LogP contribution >= 0.6 is 11.6 Å². The summed E-state index contributed by atoms with van der Waals surface area (Å²) in [6, 6.07) is 24.1. The van der Waals surface area contributed by atoms with Crippen LogP contribution in [0.4, 0.5) is 0 Å². The lowest BCUT2D eigenvalue weighted by molar-refractivity contribution is -0.141. The van der Waals surface area contributed by atoms with Gasteiger partial charge in [-0.25, -0.2) is 4.98 Å². The minimum absolute atomic E-state index is 0.0906. The lowest BCUT2D eigenvalue weighted by atomic mass is 9.94. The number of aromatic amines is 1. The number of nitrogens with zero attached hydrogens (tertiary/aromatic N) is 3. The molecule has 3 aromatic carbocycles. The van der Waals surface area contributed by atoms with Crippen molar-refractivity contribution in [1.82, 2.24) is 14.9 Å². The van der Waals surface area contributed by atoms with E-state index in [-0.39, 0.29) is 17.5 Å². The molecule has 1 fully saturated rings. The molecule has 1 amide bonds. The van der Waals surface area contributed by atoms with Crippen molar-refractivity contribution in [1.29, 1.82) is 5.26 Å². The van der Waals surface area contributed by atoms with E-state index in [1.54, 1.807) is 35.2 Å². The highest BCUT2D eigenvalue weighted by Gasteiger charge is 2.48. The summed E-state index contributed by atoms with van der Waals surface area (Å²) in [5, 5.41) is 20.8. The Hall–Kier alpha value is -4.25. The van der Waals surface area contributed by atoms with Crippen LogP contribution in [0, 0.1) is 11.3 Å². The second-order valence-electron chi connectivity index (χ2n) is 10.5. The molecule has 0 bridgehead atoms. The van der Waals surface area contributed by atoms with Crippen LogP contribution in [0.2, 0.25) is 5.02 Å². The van der Waals surface area contributed by atoms with E-state index in [0.29, 0.717) is 52.6 Å². The van der Waals surface area contributed by atoms with Gasteiger partial charge in [-0.05, 0) is 78.3 Å². The Morgan fingerprint density at radius 1 is 1.07 bits per heavy atom. The van der Waals surface area contributed by atoms with Gasteiger partial charge in [0.2, 0.25) is 0 Å². The van der Waals surface area contributed by atoms with Crippen LogP contribution in [0.15, 0.2) is 77.6 Å². The first-order valence-corrected chi connectivity index (χ1v) is 13.7. The van der Waals surface area contributed by atoms with Crippen LogP contribution < -0.4 is 5.56 Å². The second-order valence-corrected chi connectivity index (χ2v) is 10.9. The van der Waals surface area contributed by atoms with Crippen LogP contribution in [-0.4, -0.2) is 32.4 Å². The monoisotopic (exact) mass is 550 g/mol. The summed E-state index contributed by atoms with van der Waals surface area (Å²) in [6.45, 7) is 0.503. The van der Waals surface area contributed by atoms with Gasteiger partial charge in [-0.2, -0.15) is 5.26 Å². The van der Waals surface area contributed by atoms with Crippen molar-refractivity contribution in [3.8, 4) is 17.2 Å². The Morgan fingerprint density at radius 3 is 2.58 bits per heavy atom. The lowest BCUT2D eigenvalue weighted by Crippen LogP contribution is -2.36. The van der Waals surface area contributed by atoms with Gasteiger partial charge >= 0.3 is 0 Å². The first-order valence-electron chi connectivity index (χ1n) is 13.3. The van der Waals surface area contributed by atoms with Crippen molar-refractivity contribution < 1.29 is 9.90 Å². The summed E-state index contributed by atoms with van der Waals surface area (Å²) in [4.78, 5) is 36.2. The molecule has 1 aliphatic carbocycles. The molecular weight excluding hydrogens is 524 g/mol. The lowest BCUT2D eigenvalue weighted by Gasteiger charge is -2.24. The molecule has 7 nitrogen and oxygen atoms in total. The minimum Gasteiger partial charge on any atom is -0.378 e. The maximum Gasteiger partial charge on any atom is 0.256 e. The molecule has 0 spiro atoms. The van der Waals surface area contributed by atoms with E-state index in [4.69, 9.17) is 21.8 Å². The van der Waals surface area contributed by atoms with Crippen molar-refractivity contribution in [2.45, 2.75) is 43.7 Å². The van der Waals surface area contributed by atoms with Crippen LogP contribution in [0.1, 0.15) is 59.1 Å². The fraction of sp³-hybridized carbons (Fsp3) is 0.250. The third-order valence-corrected chi connectivity index (χ3v) is 8.20. The number of aliphatic hydroxyl groups excluding tert-OH is 1. The average Bonchev–Trinajstić information content (AvgIpc) is 3.81. The molecule has 0 saturated heterocycles. The van der Waals surface area contributed by atoms with Gasteiger partial charge in [-0.1, -0.05) is 54.1 Å². The summed E-state index contributed by atoms with van der Waals surface area (Å²) in [5.74, 6) is 0.198. The fourth-order valence-electron chi connectivity index (χ4n) is 5.55. The smallest absolute Gasteiger partial charge is 0.256 e.